The molecule has 2 rings (SSSR count). The predicted octanol–water partition coefficient (Wildman–Crippen LogP) is 4.02. The number of benzene rings is 2. The molecule has 0 radical (unpaired) electrons. The second-order valence-electron chi connectivity index (χ2n) is 6.05. The van der Waals surface area contributed by atoms with E-state index in [1.54, 1.807) is 24.3 Å². The van der Waals surface area contributed by atoms with Crippen molar-refractivity contribution in [1.82, 2.24) is 0 Å². The van der Waals surface area contributed by atoms with Crippen LogP contribution in [0.2, 0.25) is 0 Å². The van der Waals surface area contributed by atoms with Crippen LogP contribution < -0.4 is 9.80 Å². The predicted molar refractivity (Wildman–Crippen MR) is 107 cm³/mol. The Labute approximate surface area is 155 Å². The minimum atomic E-state index is -0.381. The van der Waals surface area contributed by atoms with E-state index < -0.39 is 0 Å². The Morgan fingerprint density at radius 1 is 0.846 bits per heavy atom. The molecular formula is C21H28N2O3. The highest BCUT2D eigenvalue weighted by Gasteiger charge is 2.24. The number of hydrogen-bond donors (Lipinski definition) is 2. The van der Waals surface area contributed by atoms with Gasteiger partial charge in [-0.15, -0.1) is 0 Å². The number of nitrogens with zero attached hydrogens (tertiary/aromatic N) is 2. The number of phenols is 2. The topological polar surface area (TPSA) is 64.0 Å². The number of carbonyl (C=O) groups is 1. The molecular weight excluding hydrogens is 328 g/mol. The van der Waals surface area contributed by atoms with Crippen molar-refractivity contribution in [2.24, 2.45) is 0 Å². The molecule has 26 heavy (non-hydrogen) atoms. The van der Waals surface area contributed by atoms with Crippen molar-refractivity contribution < 1.29 is 15.0 Å². The Bertz CT molecular complexity index is 766. The van der Waals surface area contributed by atoms with Gasteiger partial charge < -0.3 is 20.0 Å². The number of carbonyl (C=O) groups excluding carboxylic acids is 1. The summed E-state index contributed by atoms with van der Waals surface area (Å²) in [5, 5.41) is 20.8. The van der Waals surface area contributed by atoms with Crippen molar-refractivity contribution >= 4 is 17.2 Å². The van der Waals surface area contributed by atoms with Gasteiger partial charge in [0.2, 0.25) is 5.78 Å². The van der Waals surface area contributed by atoms with Gasteiger partial charge in [-0.2, -0.15) is 0 Å². The summed E-state index contributed by atoms with van der Waals surface area (Å²) >= 11 is 0. The minimum Gasteiger partial charge on any atom is -0.507 e. The first-order valence-electron chi connectivity index (χ1n) is 9.17. The SMILES string of the molecule is CCN(CC)c1cc(O)c(C(=O)c2ccccc2O)c(N(CC)CC)c1. The molecule has 0 aromatic heterocycles. The molecule has 5 nitrogen and oxygen atoms in total. The summed E-state index contributed by atoms with van der Waals surface area (Å²) in [5.74, 6) is -0.534. The van der Waals surface area contributed by atoms with Crippen LogP contribution in [0.15, 0.2) is 36.4 Å². The summed E-state index contributed by atoms with van der Waals surface area (Å²) in [6.45, 7) is 11.2. The lowest BCUT2D eigenvalue weighted by molar-refractivity contribution is 0.103. The molecule has 0 fully saturated rings. The first kappa shape index (κ1) is 19.6. The van der Waals surface area contributed by atoms with E-state index in [9.17, 15) is 15.0 Å². The lowest BCUT2D eigenvalue weighted by Crippen LogP contribution is -2.26. The van der Waals surface area contributed by atoms with Crippen LogP contribution in [-0.4, -0.2) is 42.2 Å². The average molecular weight is 356 g/mol. The number of rotatable bonds is 8. The van der Waals surface area contributed by atoms with E-state index >= 15 is 0 Å². The van der Waals surface area contributed by atoms with Crippen molar-refractivity contribution in [2.75, 3.05) is 36.0 Å². The number of aromatic hydroxyl groups is 2. The molecule has 2 aromatic carbocycles. The lowest BCUT2D eigenvalue weighted by atomic mass is 9.98. The maximum atomic E-state index is 13.1. The normalized spacial score (nSPS) is 10.6. The summed E-state index contributed by atoms with van der Waals surface area (Å²) in [6.07, 6.45) is 0. The lowest BCUT2D eigenvalue weighted by Gasteiger charge is -2.28. The summed E-state index contributed by atoms with van der Waals surface area (Å²) in [6, 6.07) is 10.00. The fourth-order valence-electron chi connectivity index (χ4n) is 3.22. The summed E-state index contributed by atoms with van der Waals surface area (Å²) in [4.78, 5) is 17.3. The molecule has 0 amide bonds. The number of ketones is 1. The third kappa shape index (κ3) is 3.77. The van der Waals surface area contributed by atoms with Gasteiger partial charge in [-0.3, -0.25) is 4.79 Å². The van der Waals surface area contributed by atoms with Gasteiger partial charge in [0.15, 0.2) is 0 Å². The average Bonchev–Trinajstić information content (AvgIpc) is 2.63. The molecule has 0 aliphatic heterocycles. The molecule has 140 valence electrons. The standard InChI is InChI=1S/C21H28N2O3/c1-5-22(6-2)15-13-17(23(7-3)8-4)20(19(25)14-15)21(26)16-11-9-10-12-18(16)24/h9-14,24-25H,5-8H2,1-4H3. The fourth-order valence-corrected chi connectivity index (χ4v) is 3.22. The van der Waals surface area contributed by atoms with Gasteiger partial charge in [0.1, 0.15) is 11.5 Å². The minimum absolute atomic E-state index is 0.0652. The van der Waals surface area contributed by atoms with Gasteiger partial charge in [0, 0.05) is 37.9 Å². The largest absolute Gasteiger partial charge is 0.507 e. The highest BCUT2D eigenvalue weighted by Crippen LogP contribution is 2.37. The van der Waals surface area contributed by atoms with E-state index in [0.717, 1.165) is 18.8 Å². The van der Waals surface area contributed by atoms with Crippen molar-refractivity contribution in [3.63, 3.8) is 0 Å². The van der Waals surface area contributed by atoms with Crippen LogP contribution in [0.3, 0.4) is 0 Å². The van der Waals surface area contributed by atoms with Crippen molar-refractivity contribution in [3.8, 4) is 11.5 Å². The van der Waals surface area contributed by atoms with Gasteiger partial charge in [-0.05, 0) is 45.9 Å². The van der Waals surface area contributed by atoms with Crippen LogP contribution in [0.5, 0.6) is 11.5 Å². The molecule has 0 saturated carbocycles. The number of phenolic OH excluding ortho intramolecular Hbond substituents is 2. The Balaban J connectivity index is 2.67. The first-order chi connectivity index (χ1) is 12.5. The highest BCUT2D eigenvalue weighted by molar-refractivity contribution is 6.16. The smallest absolute Gasteiger partial charge is 0.202 e. The Hall–Kier alpha value is -2.69. The van der Waals surface area contributed by atoms with E-state index in [-0.39, 0.29) is 28.4 Å². The zero-order valence-electron chi connectivity index (χ0n) is 16.0. The summed E-state index contributed by atoms with van der Waals surface area (Å²) in [5.41, 5.74) is 1.98. The third-order valence-corrected chi connectivity index (χ3v) is 4.69. The Kier molecular flexibility index (Phi) is 6.50. The van der Waals surface area contributed by atoms with Crippen molar-refractivity contribution in [3.05, 3.63) is 47.5 Å². The highest BCUT2D eigenvalue weighted by atomic mass is 16.3. The molecule has 0 aliphatic rings. The zero-order chi connectivity index (χ0) is 19.3. The number of para-hydroxylation sites is 1. The zero-order valence-corrected chi connectivity index (χ0v) is 16.0. The van der Waals surface area contributed by atoms with Crippen LogP contribution in [0.1, 0.15) is 43.6 Å². The van der Waals surface area contributed by atoms with Crippen LogP contribution in [0.4, 0.5) is 11.4 Å². The Morgan fingerprint density at radius 3 is 1.96 bits per heavy atom. The number of anilines is 2. The van der Waals surface area contributed by atoms with Crippen LogP contribution in [-0.2, 0) is 0 Å². The molecule has 0 bridgehead atoms. The maximum Gasteiger partial charge on any atom is 0.202 e. The van der Waals surface area contributed by atoms with Gasteiger partial charge in [0.05, 0.1) is 16.8 Å². The van der Waals surface area contributed by atoms with E-state index in [2.05, 4.69) is 18.7 Å². The molecule has 0 aliphatic carbocycles. The second-order valence-corrected chi connectivity index (χ2v) is 6.05. The Morgan fingerprint density at radius 2 is 1.42 bits per heavy atom. The summed E-state index contributed by atoms with van der Waals surface area (Å²) < 4.78 is 0. The van der Waals surface area contributed by atoms with Gasteiger partial charge >= 0.3 is 0 Å². The van der Waals surface area contributed by atoms with Gasteiger partial charge in [-0.1, -0.05) is 12.1 Å². The van der Waals surface area contributed by atoms with E-state index in [0.29, 0.717) is 18.8 Å². The number of hydrogen-bond acceptors (Lipinski definition) is 5. The first-order valence-corrected chi connectivity index (χ1v) is 9.17. The maximum absolute atomic E-state index is 13.1. The van der Waals surface area contributed by atoms with Crippen molar-refractivity contribution in [2.45, 2.75) is 27.7 Å². The fraction of sp³-hybridized carbons (Fsp3) is 0.381. The third-order valence-electron chi connectivity index (χ3n) is 4.69. The molecule has 0 atom stereocenters. The molecule has 2 N–H and O–H groups in total. The van der Waals surface area contributed by atoms with Gasteiger partial charge in [0.25, 0.3) is 0 Å². The van der Waals surface area contributed by atoms with Crippen LogP contribution in [0.25, 0.3) is 0 Å². The van der Waals surface area contributed by atoms with Crippen molar-refractivity contribution in [1.29, 1.82) is 0 Å². The monoisotopic (exact) mass is 356 g/mol. The molecule has 0 heterocycles. The molecule has 0 unspecified atom stereocenters. The van der Waals surface area contributed by atoms with Crippen LogP contribution >= 0.6 is 0 Å². The quantitative estimate of drug-likeness (QED) is 0.700. The van der Waals surface area contributed by atoms with Gasteiger partial charge in [-0.25, -0.2) is 0 Å². The molecule has 5 heteroatoms. The summed E-state index contributed by atoms with van der Waals surface area (Å²) in [7, 11) is 0. The molecule has 2 aromatic rings. The second kappa shape index (κ2) is 8.61. The van der Waals surface area contributed by atoms with E-state index in [1.165, 1.54) is 6.07 Å². The molecule has 0 saturated heterocycles. The van der Waals surface area contributed by atoms with E-state index in [4.69, 9.17) is 0 Å². The van der Waals surface area contributed by atoms with Crippen LogP contribution in [0, 0.1) is 0 Å². The van der Waals surface area contributed by atoms with E-state index in [1.807, 2.05) is 24.8 Å². The molecule has 0 spiro atoms.